The van der Waals surface area contributed by atoms with Crippen molar-refractivity contribution in [2.24, 2.45) is 0 Å². The molecule has 1 aromatic heterocycles. The number of rotatable bonds is 3. The Hall–Kier alpha value is -1.95. The van der Waals surface area contributed by atoms with Gasteiger partial charge in [-0.05, 0) is 36.4 Å². The first kappa shape index (κ1) is 15.9. The van der Waals surface area contributed by atoms with Gasteiger partial charge in [-0.15, -0.1) is 0 Å². The van der Waals surface area contributed by atoms with Gasteiger partial charge in [0.1, 0.15) is 17.3 Å². The summed E-state index contributed by atoms with van der Waals surface area (Å²) >= 11 is 11.9. The molecule has 23 heavy (non-hydrogen) atoms. The van der Waals surface area contributed by atoms with Gasteiger partial charge < -0.3 is 9.63 Å². The van der Waals surface area contributed by atoms with Crippen molar-refractivity contribution in [1.29, 1.82) is 0 Å². The van der Waals surface area contributed by atoms with Gasteiger partial charge in [-0.2, -0.15) is 0 Å². The SMILES string of the molecule is OCc1c(-c2cc(Cl)cc(Cl)c2)noc1-c1cc(F)ccc1F. The van der Waals surface area contributed by atoms with E-state index in [1.807, 2.05) is 0 Å². The first-order valence-electron chi connectivity index (χ1n) is 6.51. The second-order valence-electron chi connectivity index (χ2n) is 4.78. The molecule has 0 aliphatic carbocycles. The molecule has 3 nitrogen and oxygen atoms in total. The van der Waals surface area contributed by atoms with Gasteiger partial charge in [-0.3, -0.25) is 0 Å². The Balaban J connectivity index is 2.19. The Bertz CT molecular complexity index is 860. The molecule has 0 fully saturated rings. The lowest BCUT2D eigenvalue weighted by Gasteiger charge is -2.04. The Morgan fingerprint density at radius 2 is 1.74 bits per heavy atom. The lowest BCUT2D eigenvalue weighted by Crippen LogP contribution is -1.92. The van der Waals surface area contributed by atoms with Crippen molar-refractivity contribution >= 4 is 23.2 Å². The third kappa shape index (κ3) is 3.08. The number of halogens is 4. The largest absolute Gasteiger partial charge is 0.391 e. The standard InChI is InChI=1S/C16H9Cl2F2NO2/c17-9-3-8(4-10(18)5-9)15-13(7-22)16(23-21-15)12-6-11(19)1-2-14(12)20/h1-6,22H,7H2. The van der Waals surface area contributed by atoms with E-state index in [0.29, 0.717) is 15.6 Å². The van der Waals surface area contributed by atoms with Gasteiger partial charge in [0, 0.05) is 15.6 Å². The molecule has 0 aliphatic heterocycles. The Labute approximate surface area is 140 Å². The maximum absolute atomic E-state index is 13.9. The van der Waals surface area contributed by atoms with Crippen molar-refractivity contribution < 1.29 is 18.4 Å². The Kier molecular flexibility index (Phi) is 4.35. The smallest absolute Gasteiger partial charge is 0.176 e. The molecule has 3 rings (SSSR count). The molecule has 0 atom stereocenters. The predicted octanol–water partition coefficient (Wildman–Crippen LogP) is 5.09. The molecule has 0 amide bonds. The normalized spacial score (nSPS) is 11.0. The average Bonchev–Trinajstić information content (AvgIpc) is 2.92. The molecule has 118 valence electrons. The maximum Gasteiger partial charge on any atom is 0.176 e. The summed E-state index contributed by atoms with van der Waals surface area (Å²) in [5, 5.41) is 14.2. The zero-order chi connectivity index (χ0) is 16.6. The van der Waals surface area contributed by atoms with Crippen molar-refractivity contribution in [2.45, 2.75) is 6.61 Å². The van der Waals surface area contributed by atoms with Gasteiger partial charge in [0.15, 0.2) is 5.76 Å². The molecule has 0 saturated carbocycles. The minimum Gasteiger partial charge on any atom is -0.391 e. The molecule has 0 unspecified atom stereocenters. The Morgan fingerprint density at radius 1 is 1.04 bits per heavy atom. The van der Waals surface area contributed by atoms with E-state index in [1.54, 1.807) is 18.2 Å². The first-order chi connectivity index (χ1) is 11.0. The van der Waals surface area contributed by atoms with E-state index in [1.165, 1.54) is 0 Å². The van der Waals surface area contributed by atoms with Gasteiger partial charge >= 0.3 is 0 Å². The zero-order valence-electron chi connectivity index (χ0n) is 11.5. The van der Waals surface area contributed by atoms with Crippen LogP contribution in [-0.2, 0) is 6.61 Å². The minimum atomic E-state index is -0.687. The zero-order valence-corrected chi connectivity index (χ0v) is 13.0. The highest BCUT2D eigenvalue weighted by atomic mass is 35.5. The third-order valence-electron chi connectivity index (χ3n) is 3.26. The molecule has 1 heterocycles. The van der Waals surface area contributed by atoms with Crippen molar-refractivity contribution in [2.75, 3.05) is 0 Å². The van der Waals surface area contributed by atoms with Crippen molar-refractivity contribution in [3.8, 4) is 22.6 Å². The number of aliphatic hydroxyl groups is 1. The van der Waals surface area contributed by atoms with E-state index in [-0.39, 0.29) is 22.6 Å². The number of nitrogens with zero attached hydrogens (tertiary/aromatic N) is 1. The second-order valence-corrected chi connectivity index (χ2v) is 5.65. The van der Waals surface area contributed by atoms with Crippen LogP contribution in [0.3, 0.4) is 0 Å². The highest BCUT2D eigenvalue weighted by molar-refractivity contribution is 6.35. The van der Waals surface area contributed by atoms with Crippen LogP contribution in [0.1, 0.15) is 5.56 Å². The Morgan fingerprint density at radius 3 is 2.39 bits per heavy atom. The third-order valence-corrected chi connectivity index (χ3v) is 3.69. The monoisotopic (exact) mass is 355 g/mol. The molecular formula is C16H9Cl2F2NO2. The van der Waals surface area contributed by atoms with Crippen LogP contribution in [0.15, 0.2) is 40.9 Å². The molecule has 0 spiro atoms. The molecule has 2 aromatic carbocycles. The lowest BCUT2D eigenvalue weighted by molar-refractivity contribution is 0.281. The predicted molar refractivity (Wildman–Crippen MR) is 83.2 cm³/mol. The molecule has 0 bridgehead atoms. The van der Waals surface area contributed by atoms with E-state index in [4.69, 9.17) is 27.7 Å². The number of benzene rings is 2. The summed E-state index contributed by atoms with van der Waals surface area (Å²) in [6, 6.07) is 7.64. The molecular weight excluding hydrogens is 347 g/mol. The van der Waals surface area contributed by atoms with E-state index in [9.17, 15) is 13.9 Å². The summed E-state index contributed by atoms with van der Waals surface area (Å²) in [7, 11) is 0. The summed E-state index contributed by atoms with van der Waals surface area (Å²) in [5.41, 5.74) is 0.850. The van der Waals surface area contributed by atoms with Crippen LogP contribution >= 0.6 is 23.2 Å². The van der Waals surface area contributed by atoms with Gasteiger partial charge in [-0.25, -0.2) is 8.78 Å². The summed E-state index contributed by atoms with van der Waals surface area (Å²) in [6.45, 7) is -0.478. The summed E-state index contributed by atoms with van der Waals surface area (Å²) in [6.07, 6.45) is 0. The average molecular weight is 356 g/mol. The molecule has 0 radical (unpaired) electrons. The van der Waals surface area contributed by atoms with Crippen LogP contribution in [0.2, 0.25) is 10.0 Å². The lowest BCUT2D eigenvalue weighted by atomic mass is 10.0. The quantitative estimate of drug-likeness (QED) is 0.711. The van der Waals surface area contributed by atoms with Crippen LogP contribution in [0.5, 0.6) is 0 Å². The molecule has 7 heteroatoms. The van der Waals surface area contributed by atoms with Crippen LogP contribution in [0.4, 0.5) is 8.78 Å². The van der Waals surface area contributed by atoms with Gasteiger partial charge in [0.2, 0.25) is 0 Å². The van der Waals surface area contributed by atoms with Crippen molar-refractivity contribution in [1.82, 2.24) is 5.16 Å². The number of hydrogen-bond donors (Lipinski definition) is 1. The van der Waals surface area contributed by atoms with E-state index in [0.717, 1.165) is 18.2 Å². The maximum atomic E-state index is 13.9. The fourth-order valence-electron chi connectivity index (χ4n) is 2.26. The van der Waals surface area contributed by atoms with E-state index in [2.05, 4.69) is 5.16 Å². The van der Waals surface area contributed by atoms with Crippen LogP contribution < -0.4 is 0 Å². The van der Waals surface area contributed by atoms with Crippen LogP contribution in [0, 0.1) is 11.6 Å². The fraction of sp³-hybridized carbons (Fsp3) is 0.0625. The van der Waals surface area contributed by atoms with Crippen LogP contribution in [-0.4, -0.2) is 10.3 Å². The second kappa shape index (κ2) is 6.28. The van der Waals surface area contributed by atoms with Crippen molar-refractivity contribution in [3.63, 3.8) is 0 Å². The minimum absolute atomic E-state index is 0.0457. The highest BCUT2D eigenvalue weighted by Crippen LogP contribution is 2.35. The van der Waals surface area contributed by atoms with E-state index >= 15 is 0 Å². The van der Waals surface area contributed by atoms with Gasteiger partial charge in [0.25, 0.3) is 0 Å². The number of aromatic nitrogens is 1. The van der Waals surface area contributed by atoms with Gasteiger partial charge in [-0.1, -0.05) is 28.4 Å². The molecule has 0 saturated heterocycles. The van der Waals surface area contributed by atoms with E-state index < -0.39 is 18.2 Å². The van der Waals surface area contributed by atoms with Gasteiger partial charge in [0.05, 0.1) is 17.7 Å². The van der Waals surface area contributed by atoms with Crippen molar-refractivity contribution in [3.05, 3.63) is 63.6 Å². The summed E-state index contributed by atoms with van der Waals surface area (Å²) in [5.74, 6) is -1.36. The topological polar surface area (TPSA) is 46.3 Å². The first-order valence-corrected chi connectivity index (χ1v) is 7.26. The number of aliphatic hydroxyl groups excluding tert-OH is 1. The summed E-state index contributed by atoms with van der Waals surface area (Å²) < 4.78 is 32.5. The highest BCUT2D eigenvalue weighted by Gasteiger charge is 2.21. The summed E-state index contributed by atoms with van der Waals surface area (Å²) in [4.78, 5) is 0. The molecule has 1 N–H and O–H groups in total. The molecule has 3 aromatic rings. The van der Waals surface area contributed by atoms with Crippen LogP contribution in [0.25, 0.3) is 22.6 Å². The fourth-order valence-corrected chi connectivity index (χ4v) is 2.78. The number of hydrogen-bond acceptors (Lipinski definition) is 3. The molecule has 0 aliphatic rings.